The van der Waals surface area contributed by atoms with Crippen molar-refractivity contribution in [2.24, 2.45) is 0 Å². The van der Waals surface area contributed by atoms with Crippen LogP contribution in [0.1, 0.15) is 0 Å². The highest BCUT2D eigenvalue weighted by Crippen LogP contribution is 2.04. The summed E-state index contributed by atoms with van der Waals surface area (Å²) in [7, 11) is 0. The number of amides is 2. The first-order valence-electron chi connectivity index (χ1n) is 4.85. The van der Waals surface area contributed by atoms with Gasteiger partial charge >= 0.3 is 0 Å². The minimum Gasteiger partial charge on any atom is -0.378 e. The zero-order valence-corrected chi connectivity index (χ0v) is 9.59. The summed E-state index contributed by atoms with van der Waals surface area (Å²) in [4.78, 5) is 24.2. The lowest BCUT2D eigenvalue weighted by Gasteiger charge is -2.26. The summed E-state index contributed by atoms with van der Waals surface area (Å²) in [5.74, 6) is 0.0306. The third-order valence-corrected chi connectivity index (χ3v) is 2.94. The molecule has 0 aliphatic carbocycles. The summed E-state index contributed by atoms with van der Waals surface area (Å²) in [6, 6.07) is 0. The van der Waals surface area contributed by atoms with Gasteiger partial charge in [-0.2, -0.15) is 5.26 Å². The van der Waals surface area contributed by atoms with Gasteiger partial charge in [0, 0.05) is 13.1 Å². The van der Waals surface area contributed by atoms with Crippen molar-refractivity contribution in [3.8, 4) is 6.19 Å². The van der Waals surface area contributed by atoms with Crippen molar-refractivity contribution in [3.05, 3.63) is 0 Å². The Morgan fingerprint density at radius 1 is 1.38 bits per heavy atom. The Labute approximate surface area is 97.9 Å². The van der Waals surface area contributed by atoms with E-state index >= 15 is 0 Å². The minimum absolute atomic E-state index is 0.0121. The predicted octanol–water partition coefficient (Wildman–Crippen LogP) is -0.824. The van der Waals surface area contributed by atoms with Crippen LogP contribution in [0.25, 0.3) is 0 Å². The maximum absolute atomic E-state index is 11.6. The second kappa shape index (κ2) is 7.09. The van der Waals surface area contributed by atoms with Gasteiger partial charge in [-0.05, 0) is 0 Å². The summed E-state index contributed by atoms with van der Waals surface area (Å²) in [5.41, 5.74) is 0. The maximum Gasteiger partial charge on any atom is 0.242 e. The number of ether oxygens (including phenoxy) is 1. The van der Waals surface area contributed by atoms with E-state index in [0.29, 0.717) is 26.3 Å². The fourth-order valence-electron chi connectivity index (χ4n) is 1.23. The number of rotatable bonds is 4. The molecule has 88 valence electrons. The van der Waals surface area contributed by atoms with E-state index in [-0.39, 0.29) is 23.3 Å². The lowest BCUT2D eigenvalue weighted by atomic mass is 10.4. The molecule has 6 nitrogen and oxygen atoms in total. The van der Waals surface area contributed by atoms with Crippen LogP contribution in [0.2, 0.25) is 0 Å². The molecule has 1 heterocycles. The van der Waals surface area contributed by atoms with E-state index in [9.17, 15) is 9.59 Å². The first-order valence-corrected chi connectivity index (χ1v) is 6.00. The number of carbonyl (C=O) groups is 2. The summed E-state index contributed by atoms with van der Waals surface area (Å²) in [6.07, 6.45) is 1.54. The predicted molar refractivity (Wildman–Crippen MR) is 58.5 cm³/mol. The van der Waals surface area contributed by atoms with Crippen molar-refractivity contribution < 1.29 is 14.3 Å². The molecule has 1 N–H and O–H groups in total. The second-order valence-corrected chi connectivity index (χ2v) is 4.13. The maximum atomic E-state index is 11.6. The summed E-state index contributed by atoms with van der Waals surface area (Å²) < 4.78 is 5.12. The first kappa shape index (κ1) is 12.8. The van der Waals surface area contributed by atoms with Gasteiger partial charge < -0.3 is 9.64 Å². The van der Waals surface area contributed by atoms with Crippen LogP contribution in [-0.4, -0.2) is 54.5 Å². The number of nitrogens with one attached hydrogen (secondary N) is 1. The quantitative estimate of drug-likeness (QED) is 0.515. The minimum atomic E-state index is -0.373. The lowest BCUT2D eigenvalue weighted by molar-refractivity contribution is -0.132. The van der Waals surface area contributed by atoms with Crippen molar-refractivity contribution in [2.75, 3.05) is 37.8 Å². The van der Waals surface area contributed by atoms with E-state index in [1.165, 1.54) is 11.8 Å². The lowest BCUT2D eigenvalue weighted by Crippen LogP contribution is -2.41. The van der Waals surface area contributed by atoms with E-state index in [4.69, 9.17) is 10.00 Å². The highest BCUT2D eigenvalue weighted by Gasteiger charge is 2.16. The summed E-state index contributed by atoms with van der Waals surface area (Å²) >= 11 is 1.21. The van der Waals surface area contributed by atoms with Crippen LogP contribution in [0.4, 0.5) is 0 Å². The standard InChI is InChI=1S/C9H13N3O3S/c10-7-11-8(13)5-16-6-9(14)12-1-3-15-4-2-12/h1-6H2,(H,11,13). The Kier molecular flexibility index (Phi) is 5.67. The molecule has 0 atom stereocenters. The normalized spacial score (nSPS) is 15.3. The molecule has 0 aromatic rings. The number of hydrogen-bond donors (Lipinski definition) is 1. The molecule has 0 unspecified atom stereocenters. The van der Waals surface area contributed by atoms with Crippen molar-refractivity contribution in [3.63, 3.8) is 0 Å². The zero-order valence-electron chi connectivity index (χ0n) is 8.77. The molecule has 1 rings (SSSR count). The molecule has 1 saturated heterocycles. The molecule has 1 aliphatic heterocycles. The van der Waals surface area contributed by atoms with E-state index in [2.05, 4.69) is 0 Å². The molecule has 1 fully saturated rings. The molecule has 0 aromatic heterocycles. The van der Waals surface area contributed by atoms with Gasteiger partial charge in [-0.3, -0.25) is 14.9 Å². The fraction of sp³-hybridized carbons (Fsp3) is 0.667. The van der Waals surface area contributed by atoms with Crippen molar-refractivity contribution in [2.45, 2.75) is 0 Å². The highest BCUT2D eigenvalue weighted by molar-refractivity contribution is 8.00. The number of carbonyl (C=O) groups excluding carboxylic acids is 2. The molecule has 0 aromatic carbocycles. The zero-order chi connectivity index (χ0) is 11.8. The van der Waals surface area contributed by atoms with Crippen LogP contribution in [0.5, 0.6) is 0 Å². The van der Waals surface area contributed by atoms with Crippen LogP contribution in [0.3, 0.4) is 0 Å². The summed E-state index contributed by atoms with van der Waals surface area (Å²) in [5, 5.41) is 10.2. The fourth-order valence-corrected chi connectivity index (χ4v) is 1.95. The largest absolute Gasteiger partial charge is 0.378 e. The SMILES string of the molecule is N#CNC(=O)CSCC(=O)N1CCOCC1. The smallest absolute Gasteiger partial charge is 0.242 e. The Morgan fingerprint density at radius 3 is 2.69 bits per heavy atom. The van der Waals surface area contributed by atoms with Crippen LogP contribution >= 0.6 is 11.8 Å². The van der Waals surface area contributed by atoms with E-state index < -0.39 is 0 Å². The van der Waals surface area contributed by atoms with Crippen molar-refractivity contribution >= 4 is 23.6 Å². The average Bonchev–Trinajstić information content (AvgIpc) is 2.30. The monoisotopic (exact) mass is 243 g/mol. The van der Waals surface area contributed by atoms with Gasteiger partial charge in [-0.25, -0.2) is 0 Å². The molecule has 2 amide bonds. The van der Waals surface area contributed by atoms with Crippen molar-refractivity contribution in [1.29, 1.82) is 5.26 Å². The van der Waals surface area contributed by atoms with Crippen molar-refractivity contribution in [1.82, 2.24) is 10.2 Å². The number of nitrogens with zero attached hydrogens (tertiary/aromatic N) is 2. The Hall–Kier alpha value is -1.26. The van der Waals surface area contributed by atoms with Crippen LogP contribution < -0.4 is 5.32 Å². The molecular weight excluding hydrogens is 230 g/mol. The first-order chi connectivity index (χ1) is 7.74. The Bertz CT molecular complexity index is 297. The third kappa shape index (κ3) is 4.51. The summed E-state index contributed by atoms with van der Waals surface area (Å²) in [6.45, 7) is 2.38. The second-order valence-electron chi connectivity index (χ2n) is 3.15. The third-order valence-electron chi connectivity index (χ3n) is 2.02. The number of hydrogen-bond acceptors (Lipinski definition) is 5. The van der Waals surface area contributed by atoms with Crippen LogP contribution in [-0.2, 0) is 14.3 Å². The number of nitriles is 1. The molecule has 0 radical (unpaired) electrons. The van der Waals surface area contributed by atoms with Gasteiger partial charge in [0.1, 0.15) is 0 Å². The van der Waals surface area contributed by atoms with Gasteiger partial charge in [-0.1, -0.05) is 0 Å². The van der Waals surface area contributed by atoms with E-state index in [1.54, 1.807) is 11.1 Å². The topological polar surface area (TPSA) is 82.4 Å². The van der Waals surface area contributed by atoms with Gasteiger partial charge in [-0.15, -0.1) is 11.8 Å². The molecule has 0 spiro atoms. The molecular formula is C9H13N3O3S. The molecule has 0 saturated carbocycles. The van der Waals surface area contributed by atoms with Crippen LogP contribution in [0.15, 0.2) is 0 Å². The number of thioether (sulfide) groups is 1. The molecule has 1 aliphatic rings. The average molecular weight is 243 g/mol. The van der Waals surface area contributed by atoms with Gasteiger partial charge in [0.2, 0.25) is 11.8 Å². The Balaban J connectivity index is 2.14. The van der Waals surface area contributed by atoms with Crippen LogP contribution in [0, 0.1) is 11.5 Å². The van der Waals surface area contributed by atoms with E-state index in [0.717, 1.165) is 0 Å². The molecule has 16 heavy (non-hydrogen) atoms. The van der Waals surface area contributed by atoms with Gasteiger partial charge in [0.05, 0.1) is 24.7 Å². The molecule has 0 bridgehead atoms. The Morgan fingerprint density at radius 2 is 2.06 bits per heavy atom. The molecule has 7 heteroatoms. The van der Waals surface area contributed by atoms with Gasteiger partial charge in [0.15, 0.2) is 6.19 Å². The van der Waals surface area contributed by atoms with E-state index in [1.807, 2.05) is 5.32 Å². The highest BCUT2D eigenvalue weighted by atomic mass is 32.2. The van der Waals surface area contributed by atoms with Gasteiger partial charge in [0.25, 0.3) is 0 Å². The number of morpholine rings is 1.